The molecule has 0 atom stereocenters. The number of rotatable bonds is 10. The number of amides is 2. The third-order valence-corrected chi connectivity index (χ3v) is 6.95. The summed E-state index contributed by atoms with van der Waals surface area (Å²) in [6.45, 7) is 0.0984. The molecule has 222 valence electrons. The van der Waals surface area contributed by atoms with E-state index in [1.54, 1.807) is 12.1 Å². The highest BCUT2D eigenvalue weighted by molar-refractivity contribution is 5.95. The maximum absolute atomic E-state index is 13.3. The van der Waals surface area contributed by atoms with Crippen LogP contribution in [0.1, 0.15) is 65.9 Å². The zero-order valence-electron chi connectivity index (χ0n) is 22.7. The molecular formula is C31H31F3N2O6. The van der Waals surface area contributed by atoms with Crippen LogP contribution in [-0.4, -0.2) is 36.0 Å². The number of carbonyl (C=O) groups is 3. The van der Waals surface area contributed by atoms with Crippen molar-refractivity contribution >= 4 is 23.7 Å². The fourth-order valence-electron chi connectivity index (χ4n) is 4.82. The summed E-state index contributed by atoms with van der Waals surface area (Å²) >= 11 is 0. The number of nitrogens with zero attached hydrogens (tertiary/aromatic N) is 1. The van der Waals surface area contributed by atoms with Gasteiger partial charge in [-0.05, 0) is 78.4 Å². The molecule has 1 aliphatic carbocycles. The van der Waals surface area contributed by atoms with Crippen molar-refractivity contribution in [3.8, 4) is 11.5 Å². The predicted molar refractivity (Wildman–Crippen MR) is 149 cm³/mol. The van der Waals surface area contributed by atoms with Gasteiger partial charge in [-0.3, -0.25) is 14.5 Å². The van der Waals surface area contributed by atoms with Crippen LogP contribution < -0.4 is 19.7 Å². The fourth-order valence-corrected chi connectivity index (χ4v) is 4.82. The van der Waals surface area contributed by atoms with Crippen LogP contribution in [0, 0.1) is 0 Å². The van der Waals surface area contributed by atoms with E-state index >= 15 is 0 Å². The minimum Gasteiger partial charge on any atom is -0.481 e. The number of carboxylic acid groups (broad SMARTS) is 1. The monoisotopic (exact) mass is 584 g/mol. The highest BCUT2D eigenvalue weighted by Gasteiger charge is 2.31. The second-order valence-corrected chi connectivity index (χ2v) is 10.00. The normalized spacial score (nSPS) is 13.7. The minimum absolute atomic E-state index is 0.0154. The topological polar surface area (TPSA) is 105 Å². The average Bonchev–Trinajstić information content (AvgIpc) is 2.97. The number of carboxylic acids is 1. The van der Waals surface area contributed by atoms with Crippen molar-refractivity contribution < 1.29 is 42.1 Å². The predicted octanol–water partition coefficient (Wildman–Crippen LogP) is 7.04. The number of hydrogen-bond acceptors (Lipinski definition) is 5. The molecule has 0 aromatic heterocycles. The van der Waals surface area contributed by atoms with Gasteiger partial charge in [-0.2, -0.15) is 0 Å². The van der Waals surface area contributed by atoms with Crippen molar-refractivity contribution in [2.24, 2.45) is 0 Å². The van der Waals surface area contributed by atoms with E-state index < -0.39 is 30.1 Å². The molecule has 2 N–H and O–H groups in total. The van der Waals surface area contributed by atoms with Crippen molar-refractivity contribution in [3.05, 3.63) is 89.5 Å². The number of anilines is 1. The Balaban J connectivity index is 1.51. The van der Waals surface area contributed by atoms with Crippen molar-refractivity contribution in [2.45, 2.75) is 57.3 Å². The van der Waals surface area contributed by atoms with Crippen LogP contribution in [0.15, 0.2) is 72.8 Å². The van der Waals surface area contributed by atoms with Gasteiger partial charge in [0.15, 0.2) is 0 Å². The molecule has 11 heteroatoms. The van der Waals surface area contributed by atoms with Gasteiger partial charge in [-0.25, -0.2) is 4.79 Å². The van der Waals surface area contributed by atoms with Gasteiger partial charge in [0.2, 0.25) is 0 Å². The first-order valence-corrected chi connectivity index (χ1v) is 13.6. The molecule has 3 aromatic rings. The number of nitrogens with one attached hydrogen (secondary N) is 1. The van der Waals surface area contributed by atoms with E-state index in [0.29, 0.717) is 11.6 Å². The molecule has 8 nitrogen and oxygen atoms in total. The first-order valence-electron chi connectivity index (χ1n) is 13.6. The van der Waals surface area contributed by atoms with E-state index in [-0.39, 0.29) is 30.8 Å². The molecule has 42 heavy (non-hydrogen) atoms. The number of halogens is 3. The summed E-state index contributed by atoms with van der Waals surface area (Å²) in [5.41, 5.74) is 2.77. The van der Waals surface area contributed by atoms with Crippen molar-refractivity contribution in [2.75, 3.05) is 11.4 Å². The molecule has 0 heterocycles. The maximum atomic E-state index is 13.3. The van der Waals surface area contributed by atoms with Crippen LogP contribution in [0.3, 0.4) is 0 Å². The molecule has 0 bridgehead atoms. The Morgan fingerprint density at radius 3 is 2.07 bits per heavy atom. The van der Waals surface area contributed by atoms with Crippen molar-refractivity contribution in [1.82, 2.24) is 5.32 Å². The van der Waals surface area contributed by atoms with E-state index in [1.165, 1.54) is 54.0 Å². The lowest BCUT2D eigenvalue weighted by Crippen LogP contribution is -2.33. The molecule has 4 rings (SSSR count). The number of alkyl halides is 3. The second-order valence-electron chi connectivity index (χ2n) is 10.00. The summed E-state index contributed by atoms with van der Waals surface area (Å²) < 4.78 is 46.8. The number of benzene rings is 3. The van der Waals surface area contributed by atoms with E-state index in [4.69, 9.17) is 9.84 Å². The highest BCUT2D eigenvalue weighted by atomic mass is 19.4. The van der Waals surface area contributed by atoms with Crippen molar-refractivity contribution in [3.63, 3.8) is 0 Å². The van der Waals surface area contributed by atoms with Gasteiger partial charge in [0.1, 0.15) is 11.5 Å². The third kappa shape index (κ3) is 8.98. The molecule has 0 unspecified atom stereocenters. The molecule has 0 spiro atoms. The number of ether oxygens (including phenoxy) is 2. The van der Waals surface area contributed by atoms with Gasteiger partial charge in [0, 0.05) is 17.8 Å². The van der Waals surface area contributed by atoms with Crippen LogP contribution in [0.5, 0.6) is 11.5 Å². The zero-order chi connectivity index (χ0) is 30.1. The molecule has 1 fully saturated rings. The van der Waals surface area contributed by atoms with Gasteiger partial charge in [0.05, 0.1) is 13.0 Å². The lowest BCUT2D eigenvalue weighted by Gasteiger charge is -2.24. The first-order chi connectivity index (χ1) is 20.1. The van der Waals surface area contributed by atoms with Crippen molar-refractivity contribution in [1.29, 1.82) is 0 Å². The number of hydrogen-bond donors (Lipinski definition) is 2. The second kappa shape index (κ2) is 13.9. The summed E-state index contributed by atoms with van der Waals surface area (Å²) in [7, 11) is 0. The smallest absolute Gasteiger partial charge is 0.481 e. The molecule has 2 amide bonds. The average molecular weight is 585 g/mol. The molecule has 0 radical (unpaired) electrons. The summed E-state index contributed by atoms with van der Waals surface area (Å²) in [5.74, 6) is -1.41. The van der Waals surface area contributed by atoms with E-state index in [9.17, 15) is 27.6 Å². The molecule has 0 saturated heterocycles. The fraction of sp³-hybridized carbons (Fsp3) is 0.323. The molecule has 1 aliphatic rings. The molecular weight excluding hydrogens is 553 g/mol. The van der Waals surface area contributed by atoms with Gasteiger partial charge in [-0.15, -0.1) is 13.2 Å². The Kier molecular flexibility index (Phi) is 10.1. The Bertz CT molecular complexity index is 1350. The summed E-state index contributed by atoms with van der Waals surface area (Å²) in [5, 5.41) is 11.3. The standard InChI is InChI=1S/C31H31F3N2O6/c32-31(33,34)42-27-16-14-26(15-17-27)41-30(40)36(20-21-6-8-23(9-7-21)22-4-2-1-3-5-22)25-12-10-24(11-13-25)29(39)35-19-18-28(37)38/h6-17,22H,1-5,18-20H2,(H,35,39)(H,37,38). The SMILES string of the molecule is O=C(O)CCNC(=O)c1ccc(N(Cc2ccc(C3CCCCC3)cc2)C(=O)Oc2ccc(OC(F)(F)F)cc2)cc1. The van der Waals surface area contributed by atoms with E-state index in [0.717, 1.165) is 30.5 Å². The van der Waals surface area contributed by atoms with Gasteiger partial charge >= 0.3 is 18.4 Å². The van der Waals surface area contributed by atoms with Crippen LogP contribution in [0.25, 0.3) is 0 Å². The van der Waals surface area contributed by atoms with E-state index in [1.807, 2.05) is 12.1 Å². The Morgan fingerprint density at radius 1 is 0.857 bits per heavy atom. The highest BCUT2D eigenvalue weighted by Crippen LogP contribution is 2.33. The van der Waals surface area contributed by atoms with Gasteiger partial charge in [0.25, 0.3) is 5.91 Å². The lowest BCUT2D eigenvalue weighted by atomic mass is 9.84. The van der Waals surface area contributed by atoms with Crippen LogP contribution >= 0.6 is 0 Å². The number of aliphatic carboxylic acids is 1. The third-order valence-electron chi connectivity index (χ3n) is 6.95. The maximum Gasteiger partial charge on any atom is 0.573 e. The van der Waals surface area contributed by atoms with Crippen LogP contribution in [-0.2, 0) is 11.3 Å². The minimum atomic E-state index is -4.85. The Morgan fingerprint density at radius 2 is 1.48 bits per heavy atom. The van der Waals surface area contributed by atoms with Gasteiger partial charge in [-0.1, -0.05) is 43.5 Å². The first kappa shape index (κ1) is 30.4. The quantitative estimate of drug-likeness (QED) is 0.265. The number of carbonyl (C=O) groups excluding carboxylic acids is 2. The lowest BCUT2D eigenvalue weighted by molar-refractivity contribution is -0.274. The molecule has 3 aromatic carbocycles. The van der Waals surface area contributed by atoms with Gasteiger partial charge < -0.3 is 19.9 Å². The summed E-state index contributed by atoms with van der Waals surface area (Å²) in [6, 6.07) is 18.6. The molecule has 1 saturated carbocycles. The van der Waals surface area contributed by atoms with Crippen LogP contribution in [0.4, 0.5) is 23.7 Å². The largest absolute Gasteiger partial charge is 0.573 e. The van der Waals surface area contributed by atoms with E-state index in [2.05, 4.69) is 22.2 Å². The summed E-state index contributed by atoms with van der Waals surface area (Å²) in [6.07, 6.45) is 0.141. The summed E-state index contributed by atoms with van der Waals surface area (Å²) in [4.78, 5) is 37.7. The molecule has 0 aliphatic heterocycles. The van der Waals surface area contributed by atoms with Crippen LogP contribution in [0.2, 0.25) is 0 Å². The zero-order valence-corrected chi connectivity index (χ0v) is 22.7. The Labute approximate surface area is 241 Å². The Hall–Kier alpha value is -4.54.